The zero-order valence-corrected chi connectivity index (χ0v) is 13.8. The van der Waals surface area contributed by atoms with E-state index in [4.69, 9.17) is 16.2 Å². The molecule has 0 saturated heterocycles. The molecule has 2 fully saturated rings. The minimum Gasteiger partial charge on any atom is -0.460 e. The van der Waals surface area contributed by atoms with Crippen LogP contribution in [-0.4, -0.2) is 48.0 Å². The van der Waals surface area contributed by atoms with Crippen molar-refractivity contribution in [3.8, 4) is 0 Å². The number of carbonyl (C=O) groups is 1. The fourth-order valence-electron chi connectivity index (χ4n) is 3.69. The van der Waals surface area contributed by atoms with Gasteiger partial charge >= 0.3 is 33.2 Å². The van der Waals surface area contributed by atoms with E-state index in [0.717, 1.165) is 0 Å². The lowest BCUT2D eigenvalue weighted by atomic mass is 9.88. The van der Waals surface area contributed by atoms with Crippen LogP contribution >= 0.6 is 11.6 Å². The summed E-state index contributed by atoms with van der Waals surface area (Å²) in [6, 6.07) is 0. The molecule has 1 N–H and O–H groups in total. The quantitative estimate of drug-likeness (QED) is 0.328. The van der Waals surface area contributed by atoms with Crippen molar-refractivity contribution in [3.63, 3.8) is 0 Å². The van der Waals surface area contributed by atoms with Gasteiger partial charge in [-0.25, -0.2) is 4.79 Å². The number of ether oxygens (including phenoxy) is 1. The number of rotatable bonds is 4. The molecule has 2 saturated carbocycles. The molecule has 4 atom stereocenters. The number of hydrogen-bond donors (Lipinski definition) is 1. The Labute approximate surface area is 143 Å². The maximum absolute atomic E-state index is 13.0. The molecule has 2 aliphatic carbocycles. The van der Waals surface area contributed by atoms with Crippen molar-refractivity contribution >= 4 is 27.7 Å². The molecule has 2 bridgehead atoms. The van der Waals surface area contributed by atoms with Crippen LogP contribution < -0.4 is 0 Å². The summed E-state index contributed by atoms with van der Waals surface area (Å²) in [6.45, 7) is 0. The summed E-state index contributed by atoms with van der Waals surface area (Å²) < 4.78 is 107. The number of carbonyl (C=O) groups excluding carboxylic acids is 1. The first-order valence-corrected chi connectivity index (χ1v) is 9.01. The van der Waals surface area contributed by atoms with E-state index in [1.165, 1.54) is 0 Å². The predicted molar refractivity (Wildman–Crippen MR) is 71.3 cm³/mol. The van der Waals surface area contributed by atoms with Gasteiger partial charge in [0.2, 0.25) is 0 Å². The lowest BCUT2D eigenvalue weighted by molar-refractivity contribution is -0.270. The van der Waals surface area contributed by atoms with Crippen LogP contribution in [0.25, 0.3) is 0 Å². The summed E-state index contributed by atoms with van der Waals surface area (Å²) in [5, 5.41) is 0. The molecule has 5 nitrogen and oxygen atoms in total. The molecule has 13 heteroatoms. The maximum atomic E-state index is 13.0. The van der Waals surface area contributed by atoms with Crippen LogP contribution in [-0.2, 0) is 19.6 Å². The molecule has 0 amide bonds. The molecule has 0 aromatic heterocycles. The Kier molecular flexibility index (Phi) is 5.06. The van der Waals surface area contributed by atoms with Gasteiger partial charge < -0.3 is 4.74 Å². The van der Waals surface area contributed by atoms with Crippen molar-refractivity contribution in [2.24, 2.45) is 17.8 Å². The van der Waals surface area contributed by atoms with Gasteiger partial charge in [0.25, 0.3) is 0 Å². The molecule has 0 radical (unpaired) electrons. The lowest BCUT2D eigenvalue weighted by Gasteiger charge is -2.34. The zero-order valence-electron chi connectivity index (χ0n) is 12.3. The molecular formula is C12H13ClF6O5S. The van der Waals surface area contributed by atoms with Gasteiger partial charge in [0.15, 0.2) is 0 Å². The van der Waals surface area contributed by atoms with Crippen molar-refractivity contribution in [1.82, 2.24) is 0 Å². The third-order valence-electron chi connectivity index (χ3n) is 4.87. The molecule has 2 rings (SSSR count). The van der Waals surface area contributed by atoms with Crippen molar-refractivity contribution < 1.29 is 48.8 Å². The Bertz CT molecular complexity index is 631. The molecule has 0 aromatic carbocycles. The number of alkyl halides is 7. The van der Waals surface area contributed by atoms with Crippen molar-refractivity contribution in [2.45, 2.75) is 42.5 Å². The summed E-state index contributed by atoms with van der Waals surface area (Å²) in [6.07, 6.45) is -13.9. The highest BCUT2D eigenvalue weighted by Crippen LogP contribution is 2.53. The second-order valence-electron chi connectivity index (χ2n) is 6.24. The maximum Gasteiger partial charge on any atom is 0.430 e. The highest BCUT2D eigenvalue weighted by Gasteiger charge is 2.85. The first-order valence-electron chi connectivity index (χ1n) is 7.04. The number of fused-ring (bicyclic) bond motifs is 2. The summed E-state index contributed by atoms with van der Waals surface area (Å²) in [5.74, 6) is -3.45. The third-order valence-corrected chi connectivity index (χ3v) is 6.67. The van der Waals surface area contributed by atoms with Crippen molar-refractivity contribution in [2.75, 3.05) is 5.88 Å². The topological polar surface area (TPSA) is 80.7 Å². The molecule has 0 spiro atoms. The van der Waals surface area contributed by atoms with Gasteiger partial charge in [-0.15, -0.1) is 11.6 Å². The first kappa shape index (κ1) is 20.6. The van der Waals surface area contributed by atoms with E-state index in [0.29, 0.717) is 12.8 Å². The fourth-order valence-corrected chi connectivity index (χ4v) is 4.91. The smallest absolute Gasteiger partial charge is 0.430 e. The van der Waals surface area contributed by atoms with E-state index in [1.807, 2.05) is 0 Å². The SMILES string of the molecule is O=C(OC1CC2CC1CC2CCl)C(C(F)(F)F)(C(F)(F)F)S(=O)(=O)O. The van der Waals surface area contributed by atoms with Crippen molar-refractivity contribution in [1.29, 1.82) is 0 Å². The Morgan fingerprint density at radius 1 is 1.04 bits per heavy atom. The second kappa shape index (κ2) is 6.15. The third kappa shape index (κ3) is 3.09. The molecule has 25 heavy (non-hydrogen) atoms. The molecule has 0 aromatic rings. The predicted octanol–water partition coefficient (Wildman–Crippen LogP) is 2.93. The summed E-state index contributed by atoms with van der Waals surface area (Å²) in [5.41, 5.74) is 0. The number of halogens is 7. The Hall–Kier alpha value is -0.750. The average Bonchev–Trinajstić information content (AvgIpc) is 2.92. The average molecular weight is 419 g/mol. The van der Waals surface area contributed by atoms with Gasteiger partial charge in [0.1, 0.15) is 6.10 Å². The standard InChI is InChI=1S/C12H13ClF6O5S/c13-4-7-2-6-1-5(7)3-8(6)24-9(20)10(11(14,15)16,12(17,18)19)25(21,22)23/h5-8H,1-4H2,(H,21,22,23). The minimum absolute atomic E-state index is 0.00887. The Balaban J connectivity index is 2.36. The van der Waals surface area contributed by atoms with E-state index in [9.17, 15) is 39.6 Å². The molecule has 4 unspecified atom stereocenters. The lowest BCUT2D eigenvalue weighted by Crippen LogP contribution is -2.67. The van der Waals surface area contributed by atoms with Crippen LogP contribution in [0.3, 0.4) is 0 Å². The van der Waals surface area contributed by atoms with Crippen LogP contribution in [0, 0.1) is 17.8 Å². The molecule has 0 heterocycles. The van der Waals surface area contributed by atoms with Gasteiger partial charge in [-0.3, -0.25) is 4.55 Å². The van der Waals surface area contributed by atoms with E-state index in [2.05, 4.69) is 4.74 Å². The molecule has 146 valence electrons. The largest absolute Gasteiger partial charge is 0.460 e. The van der Waals surface area contributed by atoms with Crippen LogP contribution in [0.1, 0.15) is 19.3 Å². The normalized spacial score (nSPS) is 30.6. The number of esters is 1. The van der Waals surface area contributed by atoms with E-state index in [1.54, 1.807) is 0 Å². The highest BCUT2D eigenvalue weighted by atomic mass is 35.5. The highest BCUT2D eigenvalue weighted by molar-refractivity contribution is 7.88. The van der Waals surface area contributed by atoms with Crippen molar-refractivity contribution in [3.05, 3.63) is 0 Å². The Morgan fingerprint density at radius 3 is 1.88 bits per heavy atom. The van der Waals surface area contributed by atoms with Gasteiger partial charge in [0, 0.05) is 5.88 Å². The molecular weight excluding hydrogens is 406 g/mol. The first-order chi connectivity index (χ1) is 11.2. The molecule has 0 aliphatic heterocycles. The van der Waals surface area contributed by atoms with E-state index in [-0.39, 0.29) is 24.1 Å². The fraction of sp³-hybridized carbons (Fsp3) is 0.917. The van der Waals surface area contributed by atoms with Crippen LogP contribution in [0.15, 0.2) is 0 Å². The zero-order chi connectivity index (χ0) is 19.4. The van der Waals surface area contributed by atoms with Gasteiger partial charge in [-0.2, -0.15) is 34.8 Å². The summed E-state index contributed by atoms with van der Waals surface area (Å²) in [7, 11) is -6.96. The Morgan fingerprint density at radius 2 is 1.56 bits per heavy atom. The van der Waals surface area contributed by atoms with Gasteiger partial charge in [0.05, 0.1) is 0 Å². The monoisotopic (exact) mass is 418 g/mol. The van der Waals surface area contributed by atoms with Crippen LogP contribution in [0.2, 0.25) is 0 Å². The second-order valence-corrected chi connectivity index (χ2v) is 8.11. The van der Waals surface area contributed by atoms with E-state index < -0.39 is 45.2 Å². The van der Waals surface area contributed by atoms with E-state index >= 15 is 0 Å². The van der Waals surface area contributed by atoms with Gasteiger partial charge in [-0.1, -0.05) is 0 Å². The number of hydrogen-bond acceptors (Lipinski definition) is 4. The minimum atomic E-state index is -6.96. The van der Waals surface area contributed by atoms with Gasteiger partial charge in [-0.05, 0) is 37.0 Å². The molecule has 2 aliphatic rings. The summed E-state index contributed by atoms with van der Waals surface area (Å²) in [4.78, 5) is 11.8. The van der Waals surface area contributed by atoms with Crippen LogP contribution in [0.5, 0.6) is 0 Å². The van der Waals surface area contributed by atoms with Crippen LogP contribution in [0.4, 0.5) is 26.3 Å². The summed E-state index contributed by atoms with van der Waals surface area (Å²) >= 11 is 5.69.